The van der Waals surface area contributed by atoms with Gasteiger partial charge in [-0.2, -0.15) is 0 Å². The number of amides is 1. The van der Waals surface area contributed by atoms with Crippen molar-refractivity contribution in [3.63, 3.8) is 0 Å². The Hall–Kier alpha value is -2.65. The Kier molecular flexibility index (Phi) is 8.54. The van der Waals surface area contributed by atoms with Crippen LogP contribution in [0.15, 0.2) is 35.5 Å². The molecule has 0 spiro atoms. The van der Waals surface area contributed by atoms with E-state index < -0.39 is 5.97 Å². The number of benzene rings is 1. The van der Waals surface area contributed by atoms with Gasteiger partial charge in [0.05, 0.1) is 17.9 Å². The number of hydrogen-bond donors (Lipinski definition) is 1. The third kappa shape index (κ3) is 6.07. The highest BCUT2D eigenvalue weighted by Crippen LogP contribution is 2.31. The summed E-state index contributed by atoms with van der Waals surface area (Å²) in [6.45, 7) is 13.3. The molecular weight excluding hydrogens is 468 g/mol. The summed E-state index contributed by atoms with van der Waals surface area (Å²) in [6, 6.07) is 10.2. The van der Waals surface area contributed by atoms with Crippen LogP contribution in [-0.4, -0.2) is 39.0 Å². The van der Waals surface area contributed by atoms with Crippen LogP contribution in [0.2, 0.25) is 0 Å². The summed E-state index contributed by atoms with van der Waals surface area (Å²) in [5.74, 6) is 0.306. The fraction of sp³-hybridized carbons (Fsp3) is 0.440. The molecule has 0 atom stereocenters. The highest BCUT2D eigenvalue weighted by atomic mass is 32.2. The molecule has 0 radical (unpaired) electrons. The number of carbonyl (C=O) groups excluding carboxylic acids is 2. The van der Waals surface area contributed by atoms with Crippen molar-refractivity contribution in [2.24, 2.45) is 0 Å². The topological polar surface area (TPSA) is 86.1 Å². The van der Waals surface area contributed by atoms with E-state index in [0.29, 0.717) is 22.3 Å². The summed E-state index contributed by atoms with van der Waals surface area (Å²) in [5, 5.41) is 12.8. The number of nitrogens with zero attached hydrogens (tertiary/aromatic N) is 3. The minimum atomic E-state index is -0.422. The van der Waals surface area contributed by atoms with Gasteiger partial charge in [0.25, 0.3) is 0 Å². The van der Waals surface area contributed by atoms with Gasteiger partial charge in [-0.3, -0.25) is 4.79 Å². The number of carbonyl (C=O) groups is 2. The number of thioether (sulfide) groups is 1. The second-order valence-electron chi connectivity index (χ2n) is 8.74. The normalized spacial score (nSPS) is 11.5. The third-order valence-electron chi connectivity index (χ3n) is 5.25. The van der Waals surface area contributed by atoms with Crippen molar-refractivity contribution in [2.75, 3.05) is 17.7 Å². The average Bonchev–Trinajstić information content (AvgIpc) is 3.41. The van der Waals surface area contributed by atoms with E-state index in [4.69, 9.17) is 4.74 Å². The quantitative estimate of drug-likeness (QED) is 0.295. The lowest BCUT2D eigenvalue weighted by atomic mass is 9.87. The minimum Gasteiger partial charge on any atom is -0.462 e. The molecule has 2 heterocycles. The first-order chi connectivity index (χ1) is 16.2. The van der Waals surface area contributed by atoms with E-state index in [1.165, 1.54) is 28.7 Å². The zero-order valence-electron chi connectivity index (χ0n) is 20.6. The third-order valence-corrected chi connectivity index (χ3v) is 7.42. The van der Waals surface area contributed by atoms with Gasteiger partial charge in [0.1, 0.15) is 5.00 Å². The number of nitrogens with one attached hydrogen (secondary N) is 1. The number of aryl methyl sites for hydroxylation is 1. The average molecular weight is 501 g/mol. The lowest BCUT2D eigenvalue weighted by Gasteiger charge is -2.19. The maximum atomic E-state index is 12.7. The van der Waals surface area contributed by atoms with E-state index >= 15 is 0 Å². The molecule has 0 aliphatic carbocycles. The van der Waals surface area contributed by atoms with Gasteiger partial charge in [0, 0.05) is 17.0 Å². The Morgan fingerprint density at radius 3 is 2.41 bits per heavy atom. The van der Waals surface area contributed by atoms with E-state index in [-0.39, 0.29) is 23.7 Å². The van der Waals surface area contributed by atoms with Crippen LogP contribution in [0.4, 0.5) is 5.00 Å². The molecule has 9 heteroatoms. The first-order valence-electron chi connectivity index (χ1n) is 11.4. The second kappa shape index (κ2) is 11.2. The van der Waals surface area contributed by atoms with Gasteiger partial charge in [-0.25, -0.2) is 4.79 Å². The highest BCUT2D eigenvalue weighted by Gasteiger charge is 2.20. The Morgan fingerprint density at radius 1 is 1.12 bits per heavy atom. The lowest BCUT2D eigenvalue weighted by molar-refractivity contribution is -0.113. The van der Waals surface area contributed by atoms with Gasteiger partial charge >= 0.3 is 5.97 Å². The number of esters is 1. The van der Waals surface area contributed by atoms with Crippen LogP contribution in [0.1, 0.15) is 62.3 Å². The monoisotopic (exact) mass is 500 g/mol. The molecule has 0 aliphatic rings. The van der Waals surface area contributed by atoms with Crippen molar-refractivity contribution in [2.45, 2.75) is 65.1 Å². The molecule has 34 heavy (non-hydrogen) atoms. The van der Waals surface area contributed by atoms with Crippen molar-refractivity contribution in [3.8, 4) is 11.4 Å². The Bertz CT molecular complexity index is 1140. The molecule has 1 aromatic carbocycles. The molecule has 0 bridgehead atoms. The van der Waals surface area contributed by atoms with Crippen molar-refractivity contribution in [1.29, 1.82) is 0 Å². The molecule has 182 valence electrons. The van der Waals surface area contributed by atoms with E-state index in [0.717, 1.165) is 22.7 Å². The maximum Gasteiger partial charge on any atom is 0.341 e. The molecular formula is C25H32N4O3S2. The van der Waals surface area contributed by atoms with Crippen molar-refractivity contribution in [1.82, 2.24) is 14.8 Å². The number of anilines is 1. The maximum absolute atomic E-state index is 12.7. The smallest absolute Gasteiger partial charge is 0.341 e. The van der Waals surface area contributed by atoms with Gasteiger partial charge < -0.3 is 14.6 Å². The molecule has 3 aromatic rings. The summed E-state index contributed by atoms with van der Waals surface area (Å²) in [4.78, 5) is 26.0. The Labute approximate surface area is 209 Å². The summed E-state index contributed by atoms with van der Waals surface area (Å²) >= 11 is 2.72. The van der Waals surface area contributed by atoms with E-state index in [1.54, 1.807) is 13.0 Å². The number of rotatable bonds is 9. The van der Waals surface area contributed by atoms with Gasteiger partial charge in [0.2, 0.25) is 5.91 Å². The van der Waals surface area contributed by atoms with Crippen molar-refractivity contribution < 1.29 is 14.3 Å². The zero-order chi connectivity index (χ0) is 24.9. The molecule has 0 saturated carbocycles. The van der Waals surface area contributed by atoms with Crippen LogP contribution in [-0.2, 0) is 27.9 Å². The van der Waals surface area contributed by atoms with E-state index in [1.807, 2.05) is 18.4 Å². The molecule has 7 nitrogen and oxygen atoms in total. The fourth-order valence-corrected chi connectivity index (χ4v) is 5.18. The molecule has 0 saturated heterocycles. The van der Waals surface area contributed by atoms with Crippen LogP contribution >= 0.6 is 23.1 Å². The van der Waals surface area contributed by atoms with Gasteiger partial charge in [-0.05, 0) is 37.3 Å². The molecule has 1 amide bonds. The first-order valence-corrected chi connectivity index (χ1v) is 13.2. The molecule has 0 aliphatic heterocycles. The van der Waals surface area contributed by atoms with Gasteiger partial charge in [-0.15, -0.1) is 21.5 Å². The molecule has 0 fully saturated rings. The van der Waals surface area contributed by atoms with Crippen molar-refractivity contribution in [3.05, 3.63) is 46.3 Å². The van der Waals surface area contributed by atoms with E-state index in [9.17, 15) is 9.59 Å². The van der Waals surface area contributed by atoms with Crippen LogP contribution in [0.5, 0.6) is 0 Å². The molecule has 3 rings (SSSR count). The molecule has 1 N–H and O–H groups in total. The van der Waals surface area contributed by atoms with Crippen LogP contribution < -0.4 is 5.32 Å². The van der Waals surface area contributed by atoms with Gasteiger partial charge in [0.15, 0.2) is 11.0 Å². The first kappa shape index (κ1) is 26.0. The largest absolute Gasteiger partial charge is 0.462 e. The molecule has 0 unspecified atom stereocenters. The lowest BCUT2D eigenvalue weighted by Crippen LogP contribution is -2.16. The Morgan fingerprint density at radius 2 is 1.82 bits per heavy atom. The summed E-state index contributed by atoms with van der Waals surface area (Å²) < 4.78 is 7.14. The SMILES string of the molecule is CCOC(=O)c1cc(CC)sc1NC(=O)CSc1nnc(-c2ccc(C(C)(C)C)cc2)n1CC. The van der Waals surface area contributed by atoms with E-state index in [2.05, 4.69) is 60.6 Å². The number of aromatic nitrogens is 3. The number of thiophene rings is 1. The Balaban J connectivity index is 1.71. The second-order valence-corrected chi connectivity index (χ2v) is 10.8. The standard InChI is InChI=1S/C25H32N4O3S2/c1-7-18-14-19(23(31)32-9-3)22(34-18)26-20(30)15-33-24-28-27-21(29(24)8-2)16-10-12-17(13-11-16)25(4,5)6/h10-14H,7-9,15H2,1-6H3,(H,26,30). The predicted molar refractivity (Wildman–Crippen MR) is 139 cm³/mol. The summed E-state index contributed by atoms with van der Waals surface area (Å²) in [7, 11) is 0. The van der Waals surface area contributed by atoms with Crippen molar-refractivity contribution >= 4 is 40.0 Å². The van der Waals surface area contributed by atoms with Gasteiger partial charge in [-0.1, -0.05) is 63.7 Å². The predicted octanol–water partition coefficient (Wildman–Crippen LogP) is 5.79. The summed E-state index contributed by atoms with van der Waals surface area (Å²) in [6.07, 6.45) is 0.779. The number of hydrogen-bond acceptors (Lipinski definition) is 7. The van der Waals surface area contributed by atoms with Crippen LogP contribution in [0.25, 0.3) is 11.4 Å². The van der Waals surface area contributed by atoms with Crippen LogP contribution in [0.3, 0.4) is 0 Å². The fourth-order valence-electron chi connectivity index (χ4n) is 3.38. The molecule has 2 aromatic heterocycles. The summed E-state index contributed by atoms with van der Waals surface area (Å²) in [5.41, 5.74) is 2.73. The minimum absolute atomic E-state index is 0.0823. The highest BCUT2D eigenvalue weighted by molar-refractivity contribution is 7.99. The van der Waals surface area contributed by atoms with Crippen LogP contribution in [0, 0.1) is 0 Å². The number of ether oxygens (including phenoxy) is 1. The zero-order valence-corrected chi connectivity index (χ0v) is 22.2.